The Morgan fingerprint density at radius 1 is 1.19 bits per heavy atom. The lowest BCUT2D eigenvalue weighted by Crippen LogP contribution is -2.53. The molecule has 0 radical (unpaired) electrons. The molecule has 1 fully saturated rings. The molecule has 0 bridgehead atoms. The molecule has 1 saturated heterocycles. The standard InChI is InChI=1S/C24H34N2O5S/c1-4-10-19-13-9-14-20(24(30)26(19)16-22(28)31-5-2)25-23(29)21(32-17(3)27)15-18-11-7-6-8-12-18/h6-8,11-12,19-21H,4-5,9-10,13-16H2,1-3H3,(H,25,29)/t19-,20+,21+/m1/s1. The quantitative estimate of drug-likeness (QED) is 0.537. The van der Waals surface area contributed by atoms with Crippen molar-refractivity contribution in [2.45, 2.75) is 76.6 Å². The summed E-state index contributed by atoms with van der Waals surface area (Å²) in [4.78, 5) is 51.9. The molecule has 1 N–H and O–H groups in total. The average Bonchev–Trinajstić information content (AvgIpc) is 2.88. The second kappa shape index (κ2) is 13.3. The van der Waals surface area contributed by atoms with E-state index in [1.807, 2.05) is 37.3 Å². The number of hydrogen-bond acceptors (Lipinski definition) is 6. The monoisotopic (exact) mass is 462 g/mol. The van der Waals surface area contributed by atoms with Crippen LogP contribution in [0.15, 0.2) is 30.3 Å². The number of benzene rings is 1. The van der Waals surface area contributed by atoms with Gasteiger partial charge in [0.1, 0.15) is 12.6 Å². The van der Waals surface area contributed by atoms with Crippen LogP contribution in [0.1, 0.15) is 58.4 Å². The molecular weight excluding hydrogens is 428 g/mol. The predicted molar refractivity (Wildman–Crippen MR) is 125 cm³/mol. The van der Waals surface area contributed by atoms with Gasteiger partial charge in [-0.05, 0) is 44.6 Å². The molecule has 3 atom stereocenters. The Morgan fingerprint density at radius 3 is 2.53 bits per heavy atom. The summed E-state index contributed by atoms with van der Waals surface area (Å²) in [5, 5.41) is 2.10. The molecule has 2 amide bonds. The zero-order chi connectivity index (χ0) is 23.5. The van der Waals surface area contributed by atoms with Crippen molar-refractivity contribution in [2.24, 2.45) is 0 Å². The van der Waals surface area contributed by atoms with Crippen molar-refractivity contribution in [3.63, 3.8) is 0 Å². The maximum atomic E-state index is 13.3. The first-order valence-electron chi connectivity index (χ1n) is 11.3. The van der Waals surface area contributed by atoms with E-state index in [1.54, 1.807) is 11.8 Å². The number of hydrogen-bond donors (Lipinski definition) is 1. The van der Waals surface area contributed by atoms with Gasteiger partial charge in [-0.2, -0.15) is 0 Å². The highest BCUT2D eigenvalue weighted by Crippen LogP contribution is 2.23. The normalized spacial score (nSPS) is 19.7. The summed E-state index contributed by atoms with van der Waals surface area (Å²) in [7, 11) is 0. The lowest BCUT2D eigenvalue weighted by atomic mass is 10.0. The summed E-state index contributed by atoms with van der Waals surface area (Å²) in [6, 6.07) is 8.72. The fourth-order valence-corrected chi connectivity index (χ4v) is 4.87. The van der Waals surface area contributed by atoms with Crippen molar-refractivity contribution in [3.8, 4) is 0 Å². The third-order valence-electron chi connectivity index (χ3n) is 5.46. The summed E-state index contributed by atoms with van der Waals surface area (Å²) in [6.45, 7) is 5.35. The van der Waals surface area contributed by atoms with Crippen molar-refractivity contribution < 1.29 is 23.9 Å². The van der Waals surface area contributed by atoms with Crippen LogP contribution in [-0.2, 0) is 30.3 Å². The number of rotatable bonds is 10. The number of esters is 1. The van der Waals surface area contributed by atoms with Crippen molar-refractivity contribution >= 4 is 34.7 Å². The Hall–Kier alpha value is -2.35. The molecule has 1 heterocycles. The van der Waals surface area contributed by atoms with Gasteiger partial charge in [0, 0.05) is 13.0 Å². The molecule has 1 aliphatic heterocycles. The molecular formula is C24H34N2O5S. The second-order valence-corrected chi connectivity index (χ2v) is 9.37. The molecule has 8 heteroatoms. The van der Waals surface area contributed by atoms with Crippen LogP contribution in [0.25, 0.3) is 0 Å². The molecule has 1 aromatic rings. The lowest BCUT2D eigenvalue weighted by molar-refractivity contribution is -0.151. The molecule has 0 aliphatic carbocycles. The Kier molecular flexibility index (Phi) is 10.7. The van der Waals surface area contributed by atoms with E-state index in [4.69, 9.17) is 4.74 Å². The van der Waals surface area contributed by atoms with Crippen LogP contribution < -0.4 is 5.32 Å². The Bertz CT molecular complexity index is 786. The van der Waals surface area contributed by atoms with Gasteiger partial charge in [0.15, 0.2) is 5.12 Å². The van der Waals surface area contributed by atoms with Gasteiger partial charge in [0.05, 0.1) is 11.9 Å². The summed E-state index contributed by atoms with van der Waals surface area (Å²) in [5.41, 5.74) is 0.945. The third-order valence-corrected chi connectivity index (χ3v) is 6.46. The molecule has 1 aromatic carbocycles. The van der Waals surface area contributed by atoms with E-state index in [0.717, 1.165) is 43.0 Å². The van der Waals surface area contributed by atoms with Gasteiger partial charge in [0.25, 0.3) is 0 Å². The number of ether oxygens (including phenoxy) is 1. The van der Waals surface area contributed by atoms with Gasteiger partial charge in [-0.1, -0.05) is 55.4 Å². The maximum Gasteiger partial charge on any atom is 0.325 e. The fraction of sp³-hybridized carbons (Fsp3) is 0.583. The first kappa shape index (κ1) is 25.9. The molecule has 32 heavy (non-hydrogen) atoms. The van der Waals surface area contributed by atoms with Crippen molar-refractivity contribution in [3.05, 3.63) is 35.9 Å². The number of nitrogens with zero attached hydrogens (tertiary/aromatic N) is 1. The van der Waals surface area contributed by atoms with Crippen molar-refractivity contribution in [2.75, 3.05) is 13.2 Å². The Balaban J connectivity index is 2.16. The number of carbonyl (C=O) groups is 4. The van der Waals surface area contributed by atoms with E-state index in [-0.39, 0.29) is 36.1 Å². The van der Waals surface area contributed by atoms with E-state index < -0.39 is 17.3 Å². The van der Waals surface area contributed by atoms with Crippen LogP contribution in [0.5, 0.6) is 0 Å². The van der Waals surface area contributed by atoms with Gasteiger partial charge in [-0.15, -0.1) is 0 Å². The molecule has 1 aliphatic rings. The van der Waals surface area contributed by atoms with Gasteiger partial charge in [0.2, 0.25) is 11.8 Å². The summed E-state index contributed by atoms with van der Waals surface area (Å²) >= 11 is 0.974. The van der Waals surface area contributed by atoms with Gasteiger partial charge >= 0.3 is 5.97 Å². The first-order chi connectivity index (χ1) is 15.3. The first-order valence-corrected chi connectivity index (χ1v) is 12.2. The average molecular weight is 463 g/mol. The predicted octanol–water partition coefficient (Wildman–Crippen LogP) is 3.11. The van der Waals surface area contributed by atoms with Gasteiger partial charge in [-0.3, -0.25) is 19.2 Å². The minimum absolute atomic E-state index is 0.0504. The smallest absolute Gasteiger partial charge is 0.325 e. The van der Waals surface area contributed by atoms with E-state index in [2.05, 4.69) is 5.32 Å². The van der Waals surface area contributed by atoms with Crippen LogP contribution in [0.3, 0.4) is 0 Å². The zero-order valence-electron chi connectivity index (χ0n) is 19.2. The number of carbonyl (C=O) groups excluding carboxylic acids is 4. The highest BCUT2D eigenvalue weighted by Gasteiger charge is 2.36. The Labute approximate surface area is 194 Å². The summed E-state index contributed by atoms with van der Waals surface area (Å²) < 4.78 is 5.06. The van der Waals surface area contributed by atoms with Gasteiger partial charge < -0.3 is 15.0 Å². The lowest BCUT2D eigenvalue weighted by Gasteiger charge is -2.31. The highest BCUT2D eigenvalue weighted by molar-refractivity contribution is 8.14. The second-order valence-electron chi connectivity index (χ2n) is 7.99. The van der Waals surface area contributed by atoms with E-state index in [0.29, 0.717) is 12.8 Å². The number of amides is 2. The summed E-state index contributed by atoms with van der Waals surface area (Å²) in [5.74, 6) is -1.03. The van der Waals surface area contributed by atoms with Crippen LogP contribution in [0, 0.1) is 0 Å². The van der Waals surface area contributed by atoms with Crippen LogP contribution in [0.4, 0.5) is 0 Å². The molecule has 2 rings (SSSR count). The molecule has 0 spiro atoms. The summed E-state index contributed by atoms with van der Waals surface area (Å²) in [6.07, 6.45) is 4.13. The topological polar surface area (TPSA) is 92.8 Å². The minimum atomic E-state index is -0.718. The van der Waals surface area contributed by atoms with Gasteiger partial charge in [-0.25, -0.2) is 0 Å². The third kappa shape index (κ3) is 7.97. The molecule has 0 unspecified atom stereocenters. The molecule has 7 nitrogen and oxygen atoms in total. The number of likely N-dealkylation sites (tertiary alicyclic amines) is 1. The minimum Gasteiger partial charge on any atom is -0.465 e. The molecule has 0 saturated carbocycles. The van der Waals surface area contributed by atoms with Crippen LogP contribution in [-0.4, -0.2) is 58.3 Å². The fourth-order valence-electron chi connectivity index (χ4n) is 4.02. The number of thioether (sulfide) groups is 1. The van der Waals surface area contributed by atoms with Crippen molar-refractivity contribution in [1.29, 1.82) is 0 Å². The molecule has 176 valence electrons. The highest BCUT2D eigenvalue weighted by atomic mass is 32.2. The maximum absolute atomic E-state index is 13.3. The van der Waals surface area contributed by atoms with E-state index >= 15 is 0 Å². The van der Waals surface area contributed by atoms with E-state index in [9.17, 15) is 19.2 Å². The van der Waals surface area contributed by atoms with Crippen LogP contribution in [0.2, 0.25) is 0 Å². The van der Waals surface area contributed by atoms with Crippen molar-refractivity contribution in [1.82, 2.24) is 10.2 Å². The SMILES string of the molecule is CCC[C@@H]1CCC[C@H](NC(=O)[C@H](Cc2ccccc2)SC(C)=O)C(=O)N1CC(=O)OCC. The Morgan fingerprint density at radius 2 is 1.91 bits per heavy atom. The zero-order valence-corrected chi connectivity index (χ0v) is 20.0. The van der Waals surface area contributed by atoms with Crippen LogP contribution >= 0.6 is 11.8 Å². The van der Waals surface area contributed by atoms with E-state index in [1.165, 1.54) is 6.92 Å². The molecule has 0 aromatic heterocycles. The largest absolute Gasteiger partial charge is 0.465 e. The number of nitrogens with one attached hydrogen (secondary N) is 1.